The molecule has 0 bridgehead atoms. The molecular formula is C16H18BrClFN3O4S. The van der Waals surface area contributed by atoms with Crippen LogP contribution in [0.5, 0.6) is 0 Å². The second-order valence-corrected chi connectivity index (χ2v) is 8.28. The molecule has 2 aromatic carbocycles. The predicted molar refractivity (Wildman–Crippen MR) is 106 cm³/mol. The molecule has 0 fully saturated rings. The average Bonchev–Trinajstić information content (AvgIpc) is 2.61. The predicted octanol–water partition coefficient (Wildman–Crippen LogP) is 3.63. The van der Waals surface area contributed by atoms with E-state index in [1.165, 1.54) is 34.6 Å². The fourth-order valence-electron chi connectivity index (χ4n) is 2.35. The van der Waals surface area contributed by atoms with Crippen LogP contribution in [0.1, 0.15) is 18.5 Å². The number of nitro groups is 1. The van der Waals surface area contributed by atoms with E-state index in [2.05, 4.69) is 15.9 Å². The van der Waals surface area contributed by atoms with Gasteiger partial charge in [0, 0.05) is 31.3 Å². The summed E-state index contributed by atoms with van der Waals surface area (Å²) in [5.41, 5.74) is 6.48. The van der Waals surface area contributed by atoms with E-state index >= 15 is 0 Å². The highest BCUT2D eigenvalue weighted by atomic mass is 79.9. The Morgan fingerprint density at radius 3 is 2.33 bits per heavy atom. The molecule has 27 heavy (non-hydrogen) atoms. The van der Waals surface area contributed by atoms with Gasteiger partial charge in [0.2, 0.25) is 10.0 Å². The van der Waals surface area contributed by atoms with E-state index in [0.29, 0.717) is 5.56 Å². The van der Waals surface area contributed by atoms with Crippen LogP contribution in [-0.2, 0) is 10.0 Å². The highest BCUT2D eigenvalue weighted by Crippen LogP contribution is 2.24. The number of benzene rings is 2. The molecule has 0 spiro atoms. The van der Waals surface area contributed by atoms with E-state index in [4.69, 9.17) is 5.73 Å². The van der Waals surface area contributed by atoms with Crippen LogP contribution in [0, 0.1) is 15.9 Å². The summed E-state index contributed by atoms with van der Waals surface area (Å²) in [7, 11) is -3.87. The zero-order valence-electron chi connectivity index (χ0n) is 14.2. The van der Waals surface area contributed by atoms with E-state index in [9.17, 15) is 22.9 Å². The van der Waals surface area contributed by atoms with Gasteiger partial charge in [0.05, 0.1) is 14.3 Å². The molecule has 2 rings (SSSR count). The standard InChI is InChI=1S/C16H17BrFN3O4S.ClH/c1-2-20(10-16(19)11-3-8-15(18)14(17)9-11)26(24,25)13-6-4-12(5-7-13)21(22)23;/h3-9,16H,2,10,19H2,1H3;1H. The van der Waals surface area contributed by atoms with Crippen molar-refractivity contribution >= 4 is 44.0 Å². The molecule has 0 aliphatic rings. The minimum atomic E-state index is -3.87. The Kier molecular flexibility index (Phi) is 8.30. The summed E-state index contributed by atoms with van der Waals surface area (Å²) in [5, 5.41) is 10.7. The third-order valence-electron chi connectivity index (χ3n) is 3.81. The normalized spacial score (nSPS) is 12.5. The molecule has 7 nitrogen and oxygen atoms in total. The number of halogens is 3. The molecular weight excluding hydrogens is 465 g/mol. The molecule has 0 radical (unpaired) electrons. The van der Waals surface area contributed by atoms with Gasteiger partial charge in [-0.05, 0) is 45.8 Å². The van der Waals surface area contributed by atoms with Crippen molar-refractivity contribution < 1.29 is 17.7 Å². The Labute approximate surface area is 171 Å². The van der Waals surface area contributed by atoms with Crippen LogP contribution < -0.4 is 5.73 Å². The molecule has 0 aromatic heterocycles. The zero-order valence-corrected chi connectivity index (χ0v) is 17.4. The van der Waals surface area contributed by atoms with Gasteiger partial charge in [-0.1, -0.05) is 13.0 Å². The molecule has 1 atom stereocenters. The Bertz CT molecular complexity index is 912. The van der Waals surface area contributed by atoms with Crippen molar-refractivity contribution in [2.75, 3.05) is 13.1 Å². The summed E-state index contributed by atoms with van der Waals surface area (Å²) in [6.07, 6.45) is 0. The molecule has 0 heterocycles. The van der Waals surface area contributed by atoms with Crippen molar-refractivity contribution in [1.29, 1.82) is 0 Å². The molecule has 0 amide bonds. The smallest absolute Gasteiger partial charge is 0.269 e. The highest BCUT2D eigenvalue weighted by Gasteiger charge is 2.26. The molecule has 2 aromatic rings. The largest absolute Gasteiger partial charge is 0.323 e. The topological polar surface area (TPSA) is 107 Å². The van der Waals surface area contributed by atoms with Crippen molar-refractivity contribution in [2.24, 2.45) is 5.73 Å². The van der Waals surface area contributed by atoms with E-state index in [-0.39, 0.29) is 40.6 Å². The first-order chi connectivity index (χ1) is 12.2. The number of rotatable bonds is 7. The molecule has 0 saturated heterocycles. The van der Waals surface area contributed by atoms with Gasteiger partial charge >= 0.3 is 0 Å². The first kappa shape index (κ1) is 23.4. The fraction of sp³-hybridized carbons (Fsp3) is 0.250. The van der Waals surface area contributed by atoms with Crippen LogP contribution in [0.4, 0.5) is 10.1 Å². The van der Waals surface area contributed by atoms with Crippen molar-refractivity contribution in [3.8, 4) is 0 Å². The van der Waals surface area contributed by atoms with Crippen LogP contribution >= 0.6 is 28.3 Å². The summed E-state index contributed by atoms with van der Waals surface area (Å²) in [6, 6.07) is 8.24. The molecule has 1 unspecified atom stereocenters. The first-order valence-corrected chi connectivity index (χ1v) is 9.85. The number of hydrogen-bond donors (Lipinski definition) is 1. The Morgan fingerprint density at radius 1 is 1.26 bits per heavy atom. The average molecular weight is 483 g/mol. The summed E-state index contributed by atoms with van der Waals surface area (Å²) in [6.45, 7) is 1.81. The van der Waals surface area contributed by atoms with Crippen molar-refractivity contribution in [3.63, 3.8) is 0 Å². The van der Waals surface area contributed by atoms with E-state index < -0.39 is 26.8 Å². The monoisotopic (exact) mass is 481 g/mol. The molecule has 0 saturated carbocycles. The van der Waals surface area contributed by atoms with Crippen LogP contribution in [0.15, 0.2) is 51.8 Å². The number of hydrogen-bond acceptors (Lipinski definition) is 5. The van der Waals surface area contributed by atoms with Crippen molar-refractivity contribution in [2.45, 2.75) is 17.9 Å². The summed E-state index contributed by atoms with van der Waals surface area (Å²) in [5.74, 6) is -0.438. The molecule has 2 N–H and O–H groups in total. The van der Waals surface area contributed by atoms with Gasteiger partial charge < -0.3 is 5.73 Å². The second-order valence-electron chi connectivity index (χ2n) is 5.49. The quantitative estimate of drug-likeness (QED) is 0.479. The third kappa shape index (κ3) is 5.45. The molecule has 0 aliphatic carbocycles. The van der Waals surface area contributed by atoms with Gasteiger partial charge in [0.25, 0.3) is 5.69 Å². The van der Waals surface area contributed by atoms with Crippen LogP contribution in [0.3, 0.4) is 0 Å². The van der Waals surface area contributed by atoms with Crippen LogP contribution in [-0.4, -0.2) is 30.7 Å². The lowest BCUT2D eigenvalue weighted by molar-refractivity contribution is -0.384. The van der Waals surface area contributed by atoms with Gasteiger partial charge in [-0.2, -0.15) is 4.31 Å². The number of nitrogens with two attached hydrogens (primary N) is 1. The number of nitro benzene ring substituents is 1. The van der Waals surface area contributed by atoms with Gasteiger partial charge in [0.1, 0.15) is 5.82 Å². The number of non-ortho nitro benzene ring substituents is 1. The lowest BCUT2D eigenvalue weighted by atomic mass is 10.1. The van der Waals surface area contributed by atoms with Crippen LogP contribution in [0.25, 0.3) is 0 Å². The van der Waals surface area contributed by atoms with Crippen molar-refractivity contribution in [1.82, 2.24) is 4.31 Å². The fourth-order valence-corrected chi connectivity index (χ4v) is 4.23. The second kappa shape index (κ2) is 9.56. The van der Waals surface area contributed by atoms with Crippen LogP contribution in [0.2, 0.25) is 0 Å². The Hall–Kier alpha value is -1.59. The van der Waals surface area contributed by atoms with Gasteiger partial charge in [-0.15, -0.1) is 12.4 Å². The van der Waals surface area contributed by atoms with E-state index in [1.807, 2.05) is 0 Å². The number of likely N-dealkylation sites (N-methyl/N-ethyl adjacent to an activating group) is 1. The first-order valence-electron chi connectivity index (χ1n) is 7.62. The minimum Gasteiger partial charge on any atom is -0.323 e. The number of sulfonamides is 1. The summed E-state index contributed by atoms with van der Waals surface area (Å²) in [4.78, 5) is 10.0. The lowest BCUT2D eigenvalue weighted by Gasteiger charge is -2.24. The number of nitrogens with zero attached hydrogens (tertiary/aromatic N) is 2. The SMILES string of the molecule is CCN(CC(N)c1ccc(F)c(Br)c1)S(=O)(=O)c1ccc([N+](=O)[O-])cc1.Cl. The van der Waals surface area contributed by atoms with Gasteiger partial charge in [0.15, 0.2) is 0 Å². The Balaban J connectivity index is 0.00000364. The van der Waals surface area contributed by atoms with Gasteiger partial charge in [-0.25, -0.2) is 12.8 Å². The third-order valence-corrected chi connectivity index (χ3v) is 6.37. The summed E-state index contributed by atoms with van der Waals surface area (Å²) < 4.78 is 40.3. The van der Waals surface area contributed by atoms with Crippen molar-refractivity contribution in [3.05, 3.63) is 68.4 Å². The summed E-state index contributed by atoms with van der Waals surface area (Å²) >= 11 is 3.07. The maximum absolute atomic E-state index is 13.3. The maximum Gasteiger partial charge on any atom is 0.269 e. The molecule has 11 heteroatoms. The zero-order chi connectivity index (χ0) is 19.5. The highest BCUT2D eigenvalue weighted by molar-refractivity contribution is 9.10. The van der Waals surface area contributed by atoms with E-state index in [0.717, 1.165) is 12.1 Å². The maximum atomic E-state index is 13.3. The molecule has 148 valence electrons. The van der Waals surface area contributed by atoms with E-state index in [1.54, 1.807) is 6.92 Å². The molecule has 0 aliphatic heterocycles. The Morgan fingerprint density at radius 2 is 1.85 bits per heavy atom. The minimum absolute atomic E-state index is 0. The lowest BCUT2D eigenvalue weighted by Crippen LogP contribution is -2.37. The van der Waals surface area contributed by atoms with Gasteiger partial charge in [-0.3, -0.25) is 10.1 Å².